The molecule has 3 rings (SSSR count). The minimum absolute atomic E-state index is 0.0113. The summed E-state index contributed by atoms with van der Waals surface area (Å²) in [7, 11) is -1.66. The number of aromatic nitrogens is 2. The number of aliphatic imine (C=N–C) groups is 1. The van der Waals surface area contributed by atoms with Crippen molar-refractivity contribution in [3.05, 3.63) is 57.6 Å². The Balaban J connectivity index is 1.76. The number of amides is 2. The van der Waals surface area contributed by atoms with Crippen LogP contribution in [0.3, 0.4) is 0 Å². The van der Waals surface area contributed by atoms with Crippen LogP contribution < -0.4 is 21.8 Å². The lowest BCUT2D eigenvalue weighted by Gasteiger charge is -2.18. The number of nitrogens with two attached hydrogens (primary N) is 1. The van der Waals surface area contributed by atoms with Gasteiger partial charge in [-0.25, -0.2) is 4.63 Å². The van der Waals surface area contributed by atoms with Crippen molar-refractivity contribution in [2.24, 2.45) is 10.7 Å². The van der Waals surface area contributed by atoms with Crippen LogP contribution >= 0.6 is 11.6 Å². The molecular weight excluding hydrogens is 509 g/mol. The van der Waals surface area contributed by atoms with E-state index in [0.717, 1.165) is 6.07 Å². The van der Waals surface area contributed by atoms with Crippen LogP contribution in [0.4, 0.5) is 5.69 Å². The minimum atomic E-state index is -1.66. The Morgan fingerprint density at radius 1 is 1.27 bits per heavy atom. The highest BCUT2D eigenvalue weighted by Gasteiger charge is 2.25. The average molecular weight is 532 g/mol. The van der Waals surface area contributed by atoms with Crippen molar-refractivity contribution < 1.29 is 29.2 Å². The number of hydrogen-bond donors (Lipinski definition) is 5. The number of rotatable bonds is 12. The number of hydrogen-bond acceptors (Lipinski definition) is 10. The average Bonchev–Trinajstić information content (AvgIpc) is 3.36. The van der Waals surface area contributed by atoms with E-state index in [1.165, 1.54) is 18.2 Å². The lowest BCUT2D eigenvalue weighted by molar-refractivity contribution is -0.383. The number of nitro groups is 1. The van der Waals surface area contributed by atoms with Gasteiger partial charge in [0.05, 0.1) is 10.8 Å². The molecule has 0 aliphatic heterocycles. The molecule has 16 heteroatoms. The van der Waals surface area contributed by atoms with Crippen molar-refractivity contribution in [1.29, 1.82) is 0 Å². The van der Waals surface area contributed by atoms with Crippen LogP contribution in [-0.2, 0) is 11.3 Å². The second-order valence-electron chi connectivity index (χ2n) is 7.90. The van der Waals surface area contributed by atoms with Gasteiger partial charge in [0.2, 0.25) is 11.4 Å². The summed E-state index contributed by atoms with van der Waals surface area (Å²) in [5.74, 6) is -0.987. The number of halogens is 1. The molecule has 0 saturated carbocycles. The normalized spacial score (nSPS) is 12.2. The van der Waals surface area contributed by atoms with E-state index < -0.39 is 35.6 Å². The summed E-state index contributed by atoms with van der Waals surface area (Å²) in [6, 6.07) is 7.58. The molecule has 0 bridgehead atoms. The third-order valence-electron chi connectivity index (χ3n) is 5.24. The maximum atomic E-state index is 13.0. The topological polar surface area (TPSA) is 219 Å². The summed E-state index contributed by atoms with van der Waals surface area (Å²) in [5, 5.41) is 42.4. The van der Waals surface area contributed by atoms with Crippen LogP contribution in [0.2, 0.25) is 0 Å². The van der Waals surface area contributed by atoms with Crippen LogP contribution in [0.1, 0.15) is 28.8 Å². The summed E-state index contributed by atoms with van der Waals surface area (Å²) in [5.41, 5.74) is 5.76. The second kappa shape index (κ2) is 12.8. The first-order chi connectivity index (χ1) is 17.7. The number of fused-ring (bicyclic) bond motifs is 1. The Morgan fingerprint density at radius 3 is 2.76 bits per heavy atom. The maximum Gasteiger partial charge on any atom is 0.488 e. The molecule has 37 heavy (non-hydrogen) atoms. The summed E-state index contributed by atoms with van der Waals surface area (Å²) in [4.78, 5) is 40.7. The zero-order valence-electron chi connectivity index (χ0n) is 19.3. The zero-order valence-corrected chi connectivity index (χ0v) is 20.1. The first-order valence-corrected chi connectivity index (χ1v) is 11.5. The molecule has 1 atom stereocenters. The molecular formula is C21H23BClN7O7. The number of amidine groups is 1. The number of non-ortho nitro benzene ring substituents is 1. The summed E-state index contributed by atoms with van der Waals surface area (Å²) in [6.07, 6.45) is 0.538. The van der Waals surface area contributed by atoms with Crippen molar-refractivity contribution in [3.8, 4) is 0 Å². The second-order valence-corrected chi connectivity index (χ2v) is 8.16. The minimum Gasteiger partial charge on any atom is -0.423 e. The van der Waals surface area contributed by atoms with Gasteiger partial charge in [0.1, 0.15) is 17.4 Å². The van der Waals surface area contributed by atoms with E-state index in [1.54, 1.807) is 12.1 Å². The van der Waals surface area contributed by atoms with Gasteiger partial charge in [0.25, 0.3) is 5.91 Å². The van der Waals surface area contributed by atoms with E-state index in [4.69, 9.17) is 17.3 Å². The maximum absolute atomic E-state index is 13.0. The van der Waals surface area contributed by atoms with E-state index in [-0.39, 0.29) is 53.3 Å². The van der Waals surface area contributed by atoms with Crippen molar-refractivity contribution in [1.82, 2.24) is 20.9 Å². The quantitative estimate of drug-likeness (QED) is 0.0387. The number of nitrogens with one attached hydrogen (secondary N) is 2. The highest BCUT2D eigenvalue weighted by atomic mass is 35.5. The van der Waals surface area contributed by atoms with Crippen LogP contribution in [0.25, 0.3) is 11.0 Å². The van der Waals surface area contributed by atoms with E-state index in [9.17, 15) is 29.8 Å². The lowest BCUT2D eigenvalue weighted by Crippen LogP contribution is -2.46. The van der Waals surface area contributed by atoms with E-state index in [0.29, 0.717) is 12.0 Å². The highest BCUT2D eigenvalue weighted by Crippen LogP contribution is 2.24. The summed E-state index contributed by atoms with van der Waals surface area (Å²) in [6.45, 7) is 0.307. The van der Waals surface area contributed by atoms with Crippen molar-refractivity contribution in [3.63, 3.8) is 0 Å². The molecule has 0 fully saturated rings. The molecule has 1 aromatic heterocycles. The molecule has 0 aliphatic rings. The molecule has 0 saturated heterocycles. The molecule has 2 aromatic carbocycles. The number of nitrogens with zero attached hydrogens (tertiary/aromatic N) is 4. The first-order valence-electron chi connectivity index (χ1n) is 11.0. The van der Waals surface area contributed by atoms with Crippen molar-refractivity contribution in [2.75, 3.05) is 12.4 Å². The Morgan fingerprint density at radius 2 is 2.05 bits per heavy atom. The largest absolute Gasteiger partial charge is 0.488 e. The predicted octanol–water partition coefficient (Wildman–Crippen LogP) is -0.398. The molecule has 2 amide bonds. The zero-order chi connectivity index (χ0) is 26.9. The molecule has 14 nitrogen and oxygen atoms in total. The number of alkyl halides is 1. The molecule has 0 spiro atoms. The lowest BCUT2D eigenvalue weighted by atomic mass is 9.79. The van der Waals surface area contributed by atoms with Gasteiger partial charge in [-0.3, -0.25) is 24.7 Å². The van der Waals surface area contributed by atoms with Gasteiger partial charge in [-0.1, -0.05) is 24.3 Å². The number of carbonyl (C=O) groups is 2. The smallest absolute Gasteiger partial charge is 0.423 e. The third-order valence-corrected chi connectivity index (χ3v) is 5.51. The fourth-order valence-corrected chi connectivity index (χ4v) is 3.47. The fraction of sp³-hybridized carbons (Fsp3) is 0.286. The number of carbonyl (C=O) groups excluding carboxylic acids is 2. The van der Waals surface area contributed by atoms with Gasteiger partial charge in [0, 0.05) is 24.7 Å². The third kappa shape index (κ3) is 7.46. The molecule has 6 N–H and O–H groups in total. The molecule has 0 radical (unpaired) electrons. The SMILES string of the molecule is NC(CCl)=NCCC[C@H](NC(=O)c1cc([N+](=O)[O-])c2nonc2c1)C(=O)NCc1cccc(B(O)O)c1. The van der Waals surface area contributed by atoms with Gasteiger partial charge in [-0.05, 0) is 40.2 Å². The van der Waals surface area contributed by atoms with Crippen molar-refractivity contribution in [2.45, 2.75) is 25.4 Å². The summed E-state index contributed by atoms with van der Waals surface area (Å²) < 4.78 is 4.54. The van der Waals surface area contributed by atoms with E-state index in [1.807, 2.05) is 0 Å². The monoisotopic (exact) mass is 531 g/mol. The number of benzene rings is 2. The van der Waals surface area contributed by atoms with Gasteiger partial charge in [-0.15, -0.1) is 11.6 Å². The molecule has 0 aliphatic carbocycles. The van der Waals surface area contributed by atoms with Gasteiger partial charge >= 0.3 is 12.8 Å². The van der Waals surface area contributed by atoms with Gasteiger partial charge < -0.3 is 26.4 Å². The first kappa shape index (κ1) is 27.5. The van der Waals surface area contributed by atoms with Crippen molar-refractivity contribution >= 4 is 58.6 Å². The Hall–Kier alpha value is -4.08. The van der Waals surface area contributed by atoms with Crippen LogP contribution in [0.15, 0.2) is 46.0 Å². The summed E-state index contributed by atoms with van der Waals surface area (Å²) >= 11 is 5.61. The molecule has 3 aromatic rings. The van der Waals surface area contributed by atoms with Crippen LogP contribution in [-0.4, -0.2) is 68.5 Å². The van der Waals surface area contributed by atoms with E-state index in [2.05, 4.69) is 30.6 Å². The standard InChI is InChI=1S/C21H23BClN7O7/c23-10-18(24)25-6-2-5-15(21(32)26-11-12-3-1-4-14(7-12)22(33)34)27-20(31)13-8-16-19(29-37-28-16)17(9-13)30(35)36/h1,3-4,7-9,15,33-34H,2,5-6,10-11H2,(H2,24,25)(H,26,32)(H,27,31)/t15-/m0/s1. The Bertz CT molecular complexity index is 1320. The fourth-order valence-electron chi connectivity index (χ4n) is 3.39. The molecule has 1 heterocycles. The van der Waals surface area contributed by atoms with E-state index >= 15 is 0 Å². The van der Waals surface area contributed by atoms with Gasteiger partial charge in [0.15, 0.2) is 0 Å². The van der Waals surface area contributed by atoms with Crippen LogP contribution in [0, 0.1) is 10.1 Å². The molecule has 0 unspecified atom stereocenters. The molecule has 194 valence electrons. The highest BCUT2D eigenvalue weighted by molar-refractivity contribution is 6.58. The number of nitro benzene ring substituents is 1. The van der Waals surface area contributed by atoms with Gasteiger partial charge in [-0.2, -0.15) is 0 Å². The Labute approximate surface area is 215 Å². The predicted molar refractivity (Wildman–Crippen MR) is 134 cm³/mol. The van der Waals surface area contributed by atoms with Crippen LogP contribution in [0.5, 0.6) is 0 Å². The Kier molecular flexibility index (Phi) is 9.48.